The molecule has 41 heavy (non-hydrogen) atoms. The van der Waals surface area contributed by atoms with Gasteiger partial charge in [0.1, 0.15) is 0 Å². The fourth-order valence-electron chi connectivity index (χ4n) is 6.16. The summed E-state index contributed by atoms with van der Waals surface area (Å²) < 4.78 is 18.5. The van der Waals surface area contributed by atoms with Crippen LogP contribution in [0.2, 0.25) is 0 Å². The van der Waals surface area contributed by atoms with Gasteiger partial charge >= 0.3 is 0 Å². The fraction of sp³-hybridized carbons (Fsp3) is 0.394. The number of amides is 2. The number of imide groups is 1. The Balaban J connectivity index is 1.19. The van der Waals surface area contributed by atoms with Gasteiger partial charge in [0.2, 0.25) is 0 Å². The van der Waals surface area contributed by atoms with Gasteiger partial charge in [0, 0.05) is 31.7 Å². The highest BCUT2D eigenvalue weighted by atomic mass is 16.7. The second-order valence-corrected chi connectivity index (χ2v) is 11.1. The van der Waals surface area contributed by atoms with Crippen LogP contribution in [0, 0.1) is 0 Å². The number of aliphatic hydroxyl groups is 1. The lowest BCUT2D eigenvalue weighted by atomic mass is 9.99. The normalized spacial score (nSPS) is 24.7. The summed E-state index contributed by atoms with van der Waals surface area (Å²) in [5.41, 5.74) is 4.56. The zero-order valence-electron chi connectivity index (χ0n) is 23.3. The number of hydrogen-bond donors (Lipinski definition) is 1. The maximum atomic E-state index is 12.8. The molecule has 3 aliphatic heterocycles. The van der Waals surface area contributed by atoms with Crippen LogP contribution in [0.15, 0.2) is 72.8 Å². The molecular weight excluding hydrogens is 520 g/mol. The molecule has 3 aliphatic rings. The molecule has 0 spiro atoms. The molecule has 2 amide bonds. The first-order chi connectivity index (χ1) is 20.0. The molecule has 8 nitrogen and oxygen atoms in total. The van der Waals surface area contributed by atoms with Crippen molar-refractivity contribution in [3.05, 3.63) is 106 Å². The third kappa shape index (κ3) is 5.84. The zero-order valence-corrected chi connectivity index (χ0v) is 23.3. The van der Waals surface area contributed by atoms with Crippen molar-refractivity contribution in [3.63, 3.8) is 0 Å². The third-order valence-electron chi connectivity index (χ3n) is 8.38. The number of ether oxygens (including phenoxy) is 3. The van der Waals surface area contributed by atoms with Crippen molar-refractivity contribution in [2.75, 3.05) is 26.8 Å². The minimum absolute atomic E-state index is 0.00305. The van der Waals surface area contributed by atoms with Crippen LogP contribution in [0.5, 0.6) is 0 Å². The van der Waals surface area contributed by atoms with Crippen LogP contribution in [0.1, 0.15) is 74.6 Å². The second-order valence-electron chi connectivity index (χ2n) is 11.1. The van der Waals surface area contributed by atoms with Crippen molar-refractivity contribution in [1.29, 1.82) is 0 Å². The summed E-state index contributed by atoms with van der Waals surface area (Å²) >= 11 is 0. The van der Waals surface area contributed by atoms with Crippen molar-refractivity contribution in [2.45, 2.75) is 57.0 Å². The van der Waals surface area contributed by atoms with Crippen LogP contribution in [-0.2, 0) is 27.4 Å². The number of hydrogen-bond acceptors (Lipinski definition) is 7. The van der Waals surface area contributed by atoms with Crippen LogP contribution in [0.3, 0.4) is 0 Å². The highest BCUT2D eigenvalue weighted by molar-refractivity contribution is 6.21. The quantitative estimate of drug-likeness (QED) is 0.385. The van der Waals surface area contributed by atoms with Gasteiger partial charge < -0.3 is 19.3 Å². The molecule has 3 heterocycles. The van der Waals surface area contributed by atoms with Gasteiger partial charge in [-0.25, -0.2) is 0 Å². The van der Waals surface area contributed by atoms with E-state index in [0.717, 1.165) is 54.6 Å². The Hall–Kier alpha value is -3.40. The molecule has 6 rings (SSSR count). The van der Waals surface area contributed by atoms with E-state index in [-0.39, 0.29) is 37.2 Å². The maximum Gasteiger partial charge on any atom is 0.261 e. The molecule has 0 aliphatic carbocycles. The second kappa shape index (κ2) is 12.2. The molecule has 3 aromatic rings. The van der Waals surface area contributed by atoms with Crippen molar-refractivity contribution in [2.24, 2.45) is 0 Å². The van der Waals surface area contributed by atoms with Crippen LogP contribution in [0.4, 0.5) is 0 Å². The highest BCUT2D eigenvalue weighted by Gasteiger charge is 2.37. The third-order valence-corrected chi connectivity index (χ3v) is 8.38. The Morgan fingerprint density at radius 3 is 2.20 bits per heavy atom. The minimum atomic E-state index is -0.562. The molecule has 1 N–H and O–H groups in total. The van der Waals surface area contributed by atoms with Crippen LogP contribution in [-0.4, -0.2) is 65.7 Å². The Kier molecular flexibility index (Phi) is 8.27. The first kappa shape index (κ1) is 27.8. The standard InChI is InChI=1S/C33H36N2O6/c1-39-21-26-5-4-16-34(26)19-27-17-30(24-12-10-23(20-36)11-13-24)41-33(40-27)25-14-8-22(9-15-25)18-35-31(37)28-6-2-3-7-29(28)32(35)38/h2-3,6-15,26-27,30,33,36H,4-5,16-21H2,1H3/t26-,27+,30-,33-/m0/s1. The molecule has 8 heteroatoms. The number of rotatable bonds is 9. The number of carbonyl (C=O) groups is 2. The average Bonchev–Trinajstić information content (AvgIpc) is 3.55. The molecule has 0 radical (unpaired) electrons. The van der Waals surface area contributed by atoms with Gasteiger partial charge in [0.25, 0.3) is 11.8 Å². The van der Waals surface area contributed by atoms with Gasteiger partial charge in [0.15, 0.2) is 6.29 Å². The first-order valence-corrected chi connectivity index (χ1v) is 14.3. The maximum absolute atomic E-state index is 12.8. The van der Waals surface area contributed by atoms with Crippen molar-refractivity contribution >= 4 is 11.8 Å². The molecular formula is C33H36N2O6. The average molecular weight is 557 g/mol. The Morgan fingerprint density at radius 1 is 0.878 bits per heavy atom. The monoisotopic (exact) mass is 556 g/mol. The summed E-state index contributed by atoms with van der Waals surface area (Å²) in [7, 11) is 1.75. The molecule has 214 valence electrons. The van der Waals surface area contributed by atoms with Gasteiger partial charge in [-0.05, 0) is 48.2 Å². The van der Waals surface area contributed by atoms with Gasteiger partial charge in [-0.1, -0.05) is 60.7 Å². The van der Waals surface area contributed by atoms with Gasteiger partial charge in [-0.15, -0.1) is 0 Å². The van der Waals surface area contributed by atoms with Crippen molar-refractivity contribution in [1.82, 2.24) is 9.80 Å². The molecule has 0 saturated carbocycles. The Morgan fingerprint density at radius 2 is 1.54 bits per heavy atom. The first-order valence-electron chi connectivity index (χ1n) is 14.3. The predicted octanol–water partition coefficient (Wildman–Crippen LogP) is 4.63. The van der Waals surface area contributed by atoms with E-state index in [1.807, 2.05) is 48.5 Å². The zero-order chi connectivity index (χ0) is 28.3. The lowest BCUT2D eigenvalue weighted by Gasteiger charge is -2.38. The highest BCUT2D eigenvalue weighted by Crippen LogP contribution is 2.39. The lowest BCUT2D eigenvalue weighted by molar-refractivity contribution is -0.253. The number of nitrogens with zero attached hydrogens (tertiary/aromatic N) is 2. The van der Waals surface area contributed by atoms with E-state index < -0.39 is 6.29 Å². The number of carbonyl (C=O) groups excluding carboxylic acids is 2. The van der Waals surface area contributed by atoms with Crippen LogP contribution in [0.25, 0.3) is 0 Å². The smallest absolute Gasteiger partial charge is 0.261 e. The summed E-state index contributed by atoms with van der Waals surface area (Å²) in [5.74, 6) is -0.527. The number of methoxy groups -OCH3 is 1. The van der Waals surface area contributed by atoms with E-state index in [1.165, 1.54) is 4.90 Å². The largest absolute Gasteiger partial charge is 0.392 e. The van der Waals surface area contributed by atoms with E-state index in [2.05, 4.69) is 4.90 Å². The Labute approximate surface area is 240 Å². The number of benzene rings is 3. The summed E-state index contributed by atoms with van der Waals surface area (Å²) in [6, 6.07) is 23.0. The van der Waals surface area contributed by atoms with Gasteiger partial charge in [-0.2, -0.15) is 0 Å². The molecule has 2 saturated heterocycles. The molecule has 2 fully saturated rings. The molecule has 0 bridgehead atoms. The van der Waals surface area contributed by atoms with Crippen molar-refractivity contribution in [3.8, 4) is 0 Å². The van der Waals surface area contributed by atoms with E-state index >= 15 is 0 Å². The molecule has 0 aromatic heterocycles. The summed E-state index contributed by atoms with van der Waals surface area (Å²) in [6.45, 7) is 2.76. The van der Waals surface area contributed by atoms with E-state index in [4.69, 9.17) is 14.2 Å². The SMILES string of the molecule is COC[C@@H]1CCCN1C[C@H]1C[C@@H](c2ccc(CO)cc2)O[C@@H](c2ccc(CN3C(=O)c4ccccc4C3=O)cc2)O1. The molecule has 0 unspecified atom stereocenters. The molecule has 3 aromatic carbocycles. The topological polar surface area (TPSA) is 88.5 Å². The number of fused-ring (bicyclic) bond motifs is 1. The van der Waals surface area contributed by atoms with Crippen LogP contribution >= 0.6 is 0 Å². The lowest BCUT2D eigenvalue weighted by Crippen LogP contribution is -2.42. The summed E-state index contributed by atoms with van der Waals surface area (Å²) in [6.07, 6.45) is 2.25. The van der Waals surface area contributed by atoms with E-state index in [1.54, 1.807) is 31.4 Å². The summed E-state index contributed by atoms with van der Waals surface area (Å²) in [4.78, 5) is 29.4. The van der Waals surface area contributed by atoms with E-state index in [9.17, 15) is 14.7 Å². The van der Waals surface area contributed by atoms with E-state index in [0.29, 0.717) is 23.8 Å². The predicted molar refractivity (Wildman–Crippen MR) is 152 cm³/mol. The molecule has 4 atom stereocenters. The minimum Gasteiger partial charge on any atom is -0.392 e. The van der Waals surface area contributed by atoms with Crippen molar-refractivity contribution < 1.29 is 28.9 Å². The van der Waals surface area contributed by atoms with Gasteiger partial charge in [0.05, 0.1) is 43.1 Å². The Bertz CT molecular complexity index is 1340. The summed E-state index contributed by atoms with van der Waals surface area (Å²) in [5, 5.41) is 9.48. The van der Waals surface area contributed by atoms with Crippen LogP contribution < -0.4 is 0 Å². The number of likely N-dealkylation sites (tertiary alicyclic amines) is 1. The fourth-order valence-corrected chi connectivity index (χ4v) is 6.16. The number of aliphatic hydroxyl groups excluding tert-OH is 1. The van der Waals surface area contributed by atoms with Gasteiger partial charge in [-0.3, -0.25) is 19.4 Å².